The van der Waals surface area contributed by atoms with E-state index in [2.05, 4.69) is 4.72 Å². The molecule has 2 aliphatic heterocycles. The number of piperidine rings is 1. The van der Waals surface area contributed by atoms with Crippen molar-refractivity contribution in [2.24, 2.45) is 5.92 Å². The van der Waals surface area contributed by atoms with Gasteiger partial charge in [-0.2, -0.15) is 0 Å². The van der Waals surface area contributed by atoms with Crippen molar-refractivity contribution in [1.29, 1.82) is 0 Å². The summed E-state index contributed by atoms with van der Waals surface area (Å²) in [7, 11) is -3.52. The number of amides is 1. The number of carbonyl (C=O) groups is 1. The number of nitrogens with one attached hydrogen (secondary N) is 1. The average molecular weight is 434 g/mol. The molecule has 0 spiro atoms. The molecule has 2 aromatic rings. The quantitative estimate of drug-likeness (QED) is 0.784. The van der Waals surface area contributed by atoms with Crippen LogP contribution in [0.4, 0.5) is 10.1 Å². The maximum atomic E-state index is 13.2. The van der Waals surface area contributed by atoms with Crippen LogP contribution in [-0.2, 0) is 16.6 Å². The number of aromatic nitrogens is 1. The van der Waals surface area contributed by atoms with E-state index in [1.165, 1.54) is 36.4 Å². The molecule has 3 heterocycles. The van der Waals surface area contributed by atoms with Crippen LogP contribution in [0.1, 0.15) is 41.7 Å². The lowest BCUT2D eigenvalue weighted by atomic mass is 9.82. The highest BCUT2D eigenvalue weighted by Gasteiger charge is 2.38. The Morgan fingerprint density at radius 3 is 2.57 bits per heavy atom. The van der Waals surface area contributed by atoms with Crippen molar-refractivity contribution >= 4 is 21.6 Å². The molecular formula is C21H24FN3O4S. The summed E-state index contributed by atoms with van der Waals surface area (Å²) in [6.45, 7) is 3.10. The summed E-state index contributed by atoms with van der Waals surface area (Å²) >= 11 is 0. The van der Waals surface area contributed by atoms with Crippen LogP contribution in [0, 0.1) is 11.7 Å². The van der Waals surface area contributed by atoms with Crippen molar-refractivity contribution in [2.45, 2.75) is 32.2 Å². The molecular weight excluding hydrogens is 409 g/mol. The Morgan fingerprint density at radius 1 is 1.13 bits per heavy atom. The topological polar surface area (TPSA) is 88.5 Å². The van der Waals surface area contributed by atoms with E-state index in [-0.39, 0.29) is 29.1 Å². The lowest BCUT2D eigenvalue weighted by Crippen LogP contribution is -2.49. The van der Waals surface area contributed by atoms with E-state index in [9.17, 15) is 22.4 Å². The zero-order valence-electron chi connectivity index (χ0n) is 16.7. The number of hydrogen-bond acceptors (Lipinski definition) is 4. The monoisotopic (exact) mass is 433 g/mol. The van der Waals surface area contributed by atoms with Crippen LogP contribution in [-0.4, -0.2) is 42.6 Å². The molecule has 7 nitrogen and oxygen atoms in total. The molecule has 9 heteroatoms. The lowest BCUT2D eigenvalue weighted by molar-refractivity contribution is 0.0595. The maximum Gasteiger partial charge on any atom is 0.253 e. The summed E-state index contributed by atoms with van der Waals surface area (Å²) in [5.74, 6) is -0.659. The zero-order valence-corrected chi connectivity index (χ0v) is 17.5. The van der Waals surface area contributed by atoms with Gasteiger partial charge in [-0.05, 0) is 49.1 Å². The normalized spacial score (nSPS) is 20.5. The summed E-state index contributed by atoms with van der Waals surface area (Å²) in [4.78, 5) is 27.1. The highest BCUT2D eigenvalue weighted by Crippen LogP contribution is 2.39. The Kier molecular flexibility index (Phi) is 5.40. The first-order valence-corrected chi connectivity index (χ1v) is 11.7. The van der Waals surface area contributed by atoms with Gasteiger partial charge in [-0.3, -0.25) is 14.3 Å². The van der Waals surface area contributed by atoms with Crippen molar-refractivity contribution in [3.05, 3.63) is 63.8 Å². The number of pyridine rings is 1. The van der Waals surface area contributed by atoms with E-state index in [1.54, 1.807) is 16.4 Å². The van der Waals surface area contributed by atoms with Gasteiger partial charge in [0, 0.05) is 37.2 Å². The average Bonchev–Trinajstić information content (AvgIpc) is 2.69. The summed E-state index contributed by atoms with van der Waals surface area (Å²) in [5.41, 5.74) is 1.28. The van der Waals surface area contributed by atoms with Gasteiger partial charge >= 0.3 is 0 Å². The predicted molar refractivity (Wildman–Crippen MR) is 112 cm³/mol. The van der Waals surface area contributed by atoms with Crippen molar-refractivity contribution in [2.75, 3.05) is 23.6 Å². The van der Waals surface area contributed by atoms with Crippen molar-refractivity contribution in [3.8, 4) is 0 Å². The van der Waals surface area contributed by atoms with Gasteiger partial charge in [0.05, 0.1) is 17.1 Å². The molecule has 0 unspecified atom stereocenters. The Bertz CT molecular complexity index is 1130. The number of sulfonamides is 1. The third-order valence-corrected chi connectivity index (χ3v) is 7.18. The lowest BCUT2D eigenvalue weighted by Gasteiger charge is -2.43. The second-order valence-electron chi connectivity index (χ2n) is 8.02. The number of nitrogens with zero attached hydrogens (tertiary/aromatic N) is 2. The van der Waals surface area contributed by atoms with Gasteiger partial charge in [0.1, 0.15) is 5.82 Å². The second kappa shape index (κ2) is 7.86. The van der Waals surface area contributed by atoms with Crippen LogP contribution in [0.5, 0.6) is 0 Å². The minimum absolute atomic E-state index is 0.00592. The van der Waals surface area contributed by atoms with Crippen LogP contribution in [0.25, 0.3) is 0 Å². The van der Waals surface area contributed by atoms with Crippen molar-refractivity contribution < 1.29 is 17.6 Å². The first kappa shape index (κ1) is 20.6. The first-order chi connectivity index (χ1) is 14.3. The summed E-state index contributed by atoms with van der Waals surface area (Å²) in [6, 6.07) is 8.34. The number of benzene rings is 1. The number of anilines is 1. The molecule has 1 aromatic carbocycles. The summed E-state index contributed by atoms with van der Waals surface area (Å²) in [6.07, 6.45) is 1.26. The van der Waals surface area contributed by atoms with Gasteiger partial charge in [0.2, 0.25) is 10.0 Å². The second-order valence-corrected chi connectivity index (χ2v) is 9.86. The van der Waals surface area contributed by atoms with Crippen LogP contribution in [0.3, 0.4) is 0 Å². The number of likely N-dealkylation sites (tertiary alicyclic amines) is 1. The molecule has 4 rings (SSSR count). The molecule has 1 amide bonds. The maximum absolute atomic E-state index is 13.2. The molecule has 2 aliphatic rings. The van der Waals surface area contributed by atoms with E-state index in [1.807, 2.05) is 0 Å². The number of hydrogen-bond donors (Lipinski definition) is 1. The third-order valence-electron chi connectivity index (χ3n) is 5.71. The highest BCUT2D eigenvalue weighted by atomic mass is 32.2. The van der Waals surface area contributed by atoms with Crippen LogP contribution in [0.15, 0.2) is 41.2 Å². The number of rotatable bonds is 5. The van der Waals surface area contributed by atoms with Crippen LogP contribution < -0.4 is 10.3 Å². The van der Waals surface area contributed by atoms with Crippen molar-refractivity contribution in [1.82, 2.24) is 9.47 Å². The largest absolute Gasteiger partial charge is 0.338 e. The van der Waals surface area contributed by atoms with E-state index in [4.69, 9.17) is 0 Å². The molecule has 0 saturated carbocycles. The third kappa shape index (κ3) is 3.98. The molecule has 1 saturated heterocycles. The molecule has 160 valence electrons. The Hall–Kier alpha value is -2.68. The SMILES string of the molecule is CCCS(=O)(=O)Nc1ccc(=O)n2c1[C@H]1C[C@@H](CN(C(=O)c3ccc(F)cc3)C1)C2. The summed E-state index contributed by atoms with van der Waals surface area (Å²) < 4.78 is 42.1. The standard InChI is InChI=1S/C21H24FN3O4S/c1-2-9-30(28,29)23-18-7-8-19(26)25-12-14-10-16(20(18)25)13-24(11-14)21(27)15-3-5-17(22)6-4-15/h3-8,14,16,23H,2,9-13H2,1H3/t14-,16-/m0/s1. The summed E-state index contributed by atoms with van der Waals surface area (Å²) in [5, 5.41) is 0. The molecule has 2 bridgehead atoms. The fraction of sp³-hybridized carbons (Fsp3) is 0.429. The van der Waals surface area contributed by atoms with Crippen molar-refractivity contribution in [3.63, 3.8) is 0 Å². The molecule has 0 radical (unpaired) electrons. The number of fused-ring (bicyclic) bond motifs is 4. The van der Waals surface area contributed by atoms with E-state index in [0.29, 0.717) is 43.0 Å². The Morgan fingerprint density at radius 2 is 1.87 bits per heavy atom. The number of carbonyl (C=O) groups excluding carboxylic acids is 1. The van der Waals surface area contributed by atoms with Crippen LogP contribution >= 0.6 is 0 Å². The smallest absolute Gasteiger partial charge is 0.253 e. The van der Waals surface area contributed by atoms with E-state index < -0.39 is 15.8 Å². The van der Waals surface area contributed by atoms with Gasteiger partial charge < -0.3 is 9.47 Å². The fourth-order valence-corrected chi connectivity index (χ4v) is 5.68. The Labute approximate surface area is 174 Å². The minimum atomic E-state index is -3.52. The van der Waals surface area contributed by atoms with Gasteiger partial charge in [0.25, 0.3) is 11.5 Å². The molecule has 30 heavy (non-hydrogen) atoms. The van der Waals surface area contributed by atoms with E-state index >= 15 is 0 Å². The van der Waals surface area contributed by atoms with Gasteiger partial charge in [-0.1, -0.05) is 6.92 Å². The molecule has 1 fully saturated rings. The predicted octanol–water partition coefficient (Wildman–Crippen LogP) is 2.40. The fourth-order valence-electron chi connectivity index (χ4n) is 4.53. The molecule has 2 atom stereocenters. The molecule has 1 aromatic heterocycles. The highest BCUT2D eigenvalue weighted by molar-refractivity contribution is 7.92. The van der Waals surface area contributed by atoms with Gasteiger partial charge in [0.15, 0.2) is 0 Å². The minimum Gasteiger partial charge on any atom is -0.338 e. The van der Waals surface area contributed by atoms with Crippen LogP contribution in [0.2, 0.25) is 0 Å². The van der Waals surface area contributed by atoms with Gasteiger partial charge in [-0.25, -0.2) is 12.8 Å². The van der Waals surface area contributed by atoms with E-state index in [0.717, 1.165) is 6.42 Å². The van der Waals surface area contributed by atoms with Gasteiger partial charge in [-0.15, -0.1) is 0 Å². The molecule has 1 N–H and O–H groups in total. The Balaban J connectivity index is 1.66. The first-order valence-electron chi connectivity index (χ1n) is 10.1. The zero-order chi connectivity index (χ0) is 21.5. The molecule has 0 aliphatic carbocycles. The number of halogens is 1.